The third-order valence-electron chi connectivity index (χ3n) is 2.30. The van der Waals surface area contributed by atoms with E-state index in [9.17, 15) is 4.79 Å². The first-order valence-electron chi connectivity index (χ1n) is 4.29. The van der Waals surface area contributed by atoms with Crippen LogP contribution in [0.3, 0.4) is 0 Å². The molecule has 2 rings (SSSR count). The minimum atomic E-state index is -0.157. The molecule has 0 saturated heterocycles. The van der Waals surface area contributed by atoms with Gasteiger partial charge >= 0.3 is 0 Å². The number of carbonyl (C=O) groups excluding carboxylic acids is 1. The molecule has 1 heterocycles. The number of fused-ring (bicyclic) bond motifs is 1. The van der Waals surface area contributed by atoms with Crippen LogP contribution in [0.4, 0.5) is 11.4 Å². The van der Waals surface area contributed by atoms with Crippen molar-refractivity contribution in [3.05, 3.63) is 23.8 Å². The van der Waals surface area contributed by atoms with Crippen LogP contribution < -0.4 is 10.2 Å². The number of benzene rings is 1. The summed E-state index contributed by atoms with van der Waals surface area (Å²) in [5.41, 5.74) is 2.57. The number of anilines is 2. The van der Waals surface area contributed by atoms with Crippen LogP contribution in [0.2, 0.25) is 0 Å². The van der Waals surface area contributed by atoms with E-state index >= 15 is 0 Å². The number of nitriles is 1. The van der Waals surface area contributed by atoms with Gasteiger partial charge in [0, 0.05) is 12.7 Å². The summed E-state index contributed by atoms with van der Waals surface area (Å²) in [6, 6.07) is 5.53. The number of carbonyl (C=O) groups is 1. The van der Waals surface area contributed by atoms with E-state index in [4.69, 9.17) is 5.26 Å². The highest BCUT2D eigenvalue weighted by atomic mass is 16.2. The molecule has 0 unspecified atom stereocenters. The van der Waals surface area contributed by atoms with Crippen molar-refractivity contribution < 1.29 is 4.79 Å². The highest BCUT2D eigenvalue weighted by Gasteiger charge is 2.27. The van der Waals surface area contributed by atoms with E-state index in [1.807, 2.05) is 25.4 Å². The number of rotatable bonds is 1. The lowest BCUT2D eigenvalue weighted by Gasteiger charge is -2.06. The van der Waals surface area contributed by atoms with Crippen molar-refractivity contribution in [1.82, 2.24) is 0 Å². The van der Waals surface area contributed by atoms with Crippen LogP contribution in [0, 0.1) is 11.5 Å². The van der Waals surface area contributed by atoms with Crippen molar-refractivity contribution in [3.8, 4) is 6.19 Å². The Bertz CT molecular complexity index is 433. The fraction of sp³-hybridized carbons (Fsp3) is 0.200. The Morgan fingerprint density at radius 3 is 3.00 bits per heavy atom. The SMILES string of the molecule is CNc1ccc2c(c1)CC(=O)N2C#N. The average Bonchev–Trinajstić information content (AvgIpc) is 2.51. The fourth-order valence-electron chi connectivity index (χ4n) is 1.59. The molecule has 0 saturated carbocycles. The number of nitrogens with one attached hydrogen (secondary N) is 1. The first kappa shape index (κ1) is 8.57. The zero-order chi connectivity index (χ0) is 10.1. The van der Waals surface area contributed by atoms with Crippen LogP contribution in [0.25, 0.3) is 0 Å². The predicted octanol–water partition coefficient (Wildman–Crippen LogP) is 1.10. The maximum absolute atomic E-state index is 11.3. The van der Waals surface area contributed by atoms with Gasteiger partial charge in [-0.15, -0.1) is 0 Å². The molecular weight excluding hydrogens is 178 g/mol. The van der Waals surface area contributed by atoms with Crippen molar-refractivity contribution in [3.63, 3.8) is 0 Å². The summed E-state index contributed by atoms with van der Waals surface area (Å²) in [6.07, 6.45) is 2.19. The van der Waals surface area contributed by atoms with Gasteiger partial charge in [0.05, 0.1) is 12.1 Å². The van der Waals surface area contributed by atoms with E-state index in [1.54, 1.807) is 6.07 Å². The Morgan fingerprint density at radius 2 is 2.36 bits per heavy atom. The monoisotopic (exact) mass is 187 g/mol. The van der Waals surface area contributed by atoms with Crippen LogP contribution in [0.1, 0.15) is 5.56 Å². The van der Waals surface area contributed by atoms with Gasteiger partial charge in [0.2, 0.25) is 5.91 Å². The molecule has 0 fully saturated rings. The second kappa shape index (κ2) is 3.04. The van der Waals surface area contributed by atoms with Crippen molar-refractivity contribution in [2.45, 2.75) is 6.42 Å². The van der Waals surface area contributed by atoms with Gasteiger partial charge in [0.1, 0.15) is 0 Å². The molecular formula is C10H9N3O. The van der Waals surface area contributed by atoms with Crippen LogP contribution in [0.5, 0.6) is 0 Å². The number of hydrogen-bond donors (Lipinski definition) is 1. The number of nitrogens with zero attached hydrogens (tertiary/aromatic N) is 2. The van der Waals surface area contributed by atoms with Crippen molar-refractivity contribution >= 4 is 17.3 Å². The van der Waals surface area contributed by atoms with Gasteiger partial charge < -0.3 is 5.32 Å². The van der Waals surface area contributed by atoms with Gasteiger partial charge in [-0.3, -0.25) is 4.79 Å². The van der Waals surface area contributed by atoms with E-state index < -0.39 is 0 Å². The second-order valence-electron chi connectivity index (χ2n) is 3.10. The molecule has 0 radical (unpaired) electrons. The summed E-state index contributed by atoms with van der Waals surface area (Å²) in [5, 5.41) is 11.7. The smallest absolute Gasteiger partial charge is 0.244 e. The van der Waals surface area contributed by atoms with Gasteiger partial charge in [-0.2, -0.15) is 5.26 Å². The standard InChI is InChI=1S/C10H9N3O/c1-12-8-2-3-9-7(4-8)5-10(14)13(9)6-11/h2-4,12H,5H2,1H3. The third-order valence-corrected chi connectivity index (χ3v) is 2.30. The van der Waals surface area contributed by atoms with Crippen LogP contribution in [-0.2, 0) is 11.2 Å². The van der Waals surface area contributed by atoms with Gasteiger partial charge in [-0.25, -0.2) is 4.90 Å². The Balaban J connectivity index is 2.49. The highest BCUT2D eigenvalue weighted by Crippen LogP contribution is 2.30. The lowest BCUT2D eigenvalue weighted by molar-refractivity contribution is -0.116. The number of hydrogen-bond acceptors (Lipinski definition) is 3. The zero-order valence-electron chi connectivity index (χ0n) is 7.74. The summed E-state index contributed by atoms with van der Waals surface area (Å²) in [6.45, 7) is 0. The Kier molecular flexibility index (Phi) is 1.86. The topological polar surface area (TPSA) is 56.1 Å². The van der Waals surface area contributed by atoms with E-state index in [1.165, 1.54) is 0 Å². The minimum Gasteiger partial charge on any atom is -0.388 e. The van der Waals surface area contributed by atoms with E-state index in [0.29, 0.717) is 12.1 Å². The molecule has 1 aliphatic heterocycles. The molecule has 14 heavy (non-hydrogen) atoms. The normalized spacial score (nSPS) is 13.7. The largest absolute Gasteiger partial charge is 0.388 e. The molecule has 0 aliphatic carbocycles. The predicted molar refractivity (Wildman–Crippen MR) is 52.8 cm³/mol. The van der Waals surface area contributed by atoms with E-state index in [2.05, 4.69) is 5.32 Å². The molecule has 70 valence electrons. The first-order valence-corrected chi connectivity index (χ1v) is 4.29. The molecule has 0 bridgehead atoms. The van der Waals surface area contributed by atoms with Crippen LogP contribution >= 0.6 is 0 Å². The Morgan fingerprint density at radius 1 is 1.57 bits per heavy atom. The molecule has 0 aromatic heterocycles. The van der Waals surface area contributed by atoms with E-state index in [-0.39, 0.29) is 5.91 Å². The molecule has 1 aromatic carbocycles. The van der Waals surface area contributed by atoms with Crippen LogP contribution in [-0.4, -0.2) is 13.0 Å². The lowest BCUT2D eigenvalue weighted by atomic mass is 10.1. The molecule has 1 aliphatic rings. The van der Waals surface area contributed by atoms with Crippen molar-refractivity contribution in [2.75, 3.05) is 17.3 Å². The maximum atomic E-state index is 11.3. The highest BCUT2D eigenvalue weighted by molar-refractivity contribution is 6.03. The zero-order valence-corrected chi connectivity index (χ0v) is 7.74. The number of amides is 1. The molecule has 0 spiro atoms. The molecule has 0 atom stereocenters. The molecule has 1 N–H and O–H groups in total. The minimum absolute atomic E-state index is 0.157. The molecule has 1 amide bonds. The Labute approximate surface area is 81.7 Å². The molecule has 4 heteroatoms. The van der Waals surface area contributed by atoms with Crippen molar-refractivity contribution in [1.29, 1.82) is 5.26 Å². The molecule has 4 nitrogen and oxygen atoms in total. The first-order chi connectivity index (χ1) is 6.76. The van der Waals surface area contributed by atoms with Gasteiger partial charge in [-0.1, -0.05) is 0 Å². The summed E-state index contributed by atoms with van der Waals surface area (Å²) in [7, 11) is 1.82. The molecule has 1 aromatic rings. The summed E-state index contributed by atoms with van der Waals surface area (Å²) in [4.78, 5) is 12.5. The fourth-order valence-corrected chi connectivity index (χ4v) is 1.59. The van der Waals surface area contributed by atoms with Crippen molar-refractivity contribution in [2.24, 2.45) is 0 Å². The summed E-state index contributed by atoms with van der Waals surface area (Å²) < 4.78 is 0. The third kappa shape index (κ3) is 1.11. The van der Waals surface area contributed by atoms with Gasteiger partial charge in [0.15, 0.2) is 6.19 Å². The van der Waals surface area contributed by atoms with Gasteiger partial charge in [-0.05, 0) is 23.8 Å². The summed E-state index contributed by atoms with van der Waals surface area (Å²) in [5.74, 6) is -0.157. The quantitative estimate of drug-likeness (QED) is 0.670. The van der Waals surface area contributed by atoms with Crippen LogP contribution in [0.15, 0.2) is 18.2 Å². The lowest BCUT2D eigenvalue weighted by Crippen LogP contribution is -2.19. The Hall–Kier alpha value is -2.02. The van der Waals surface area contributed by atoms with Gasteiger partial charge in [0.25, 0.3) is 0 Å². The summed E-state index contributed by atoms with van der Waals surface area (Å²) >= 11 is 0. The second-order valence-corrected chi connectivity index (χ2v) is 3.10. The van der Waals surface area contributed by atoms with E-state index in [0.717, 1.165) is 16.2 Å². The average molecular weight is 187 g/mol. The maximum Gasteiger partial charge on any atom is 0.244 e.